The lowest BCUT2D eigenvalue weighted by atomic mass is 10.2. The van der Waals surface area contributed by atoms with Crippen molar-refractivity contribution in [2.75, 3.05) is 19.8 Å². The SMILES string of the molecule is CN(C)Cc1c(C(=O)NN=Cc2cccc(F)c2)nnn1-c1nonc1N. The molecular formula is C15H16FN9O2. The topological polar surface area (TPSA) is 140 Å². The van der Waals surface area contributed by atoms with Crippen LogP contribution in [0.4, 0.5) is 10.2 Å². The number of nitrogens with two attached hydrogens (primary N) is 1. The zero-order valence-corrected chi connectivity index (χ0v) is 14.5. The number of hydrogen-bond donors (Lipinski definition) is 2. The number of nitrogens with zero attached hydrogens (tertiary/aromatic N) is 7. The number of hydrazone groups is 1. The summed E-state index contributed by atoms with van der Waals surface area (Å²) in [5.41, 5.74) is 8.97. The summed E-state index contributed by atoms with van der Waals surface area (Å²) in [6.45, 7) is 0.315. The molecule has 0 aliphatic heterocycles. The first kappa shape index (κ1) is 18.1. The minimum absolute atomic E-state index is 0.0102. The van der Waals surface area contributed by atoms with Crippen LogP contribution < -0.4 is 11.2 Å². The molecule has 0 fully saturated rings. The summed E-state index contributed by atoms with van der Waals surface area (Å²) >= 11 is 0. The van der Waals surface area contributed by atoms with Crippen LogP contribution in [0.15, 0.2) is 34.0 Å². The summed E-state index contributed by atoms with van der Waals surface area (Å²) in [5.74, 6) is -0.862. The zero-order valence-electron chi connectivity index (χ0n) is 14.5. The van der Waals surface area contributed by atoms with Gasteiger partial charge in [-0.15, -0.1) is 5.10 Å². The van der Waals surface area contributed by atoms with E-state index in [2.05, 4.69) is 35.8 Å². The highest BCUT2D eigenvalue weighted by atomic mass is 19.1. The van der Waals surface area contributed by atoms with E-state index in [9.17, 15) is 9.18 Å². The van der Waals surface area contributed by atoms with Crippen LogP contribution >= 0.6 is 0 Å². The Morgan fingerprint density at radius 3 is 2.93 bits per heavy atom. The molecule has 12 heteroatoms. The lowest BCUT2D eigenvalue weighted by Crippen LogP contribution is -2.23. The lowest BCUT2D eigenvalue weighted by molar-refractivity contribution is 0.0948. The molecule has 0 saturated heterocycles. The Morgan fingerprint density at radius 2 is 2.26 bits per heavy atom. The molecule has 3 rings (SSSR count). The highest BCUT2D eigenvalue weighted by molar-refractivity contribution is 5.94. The third-order valence-electron chi connectivity index (χ3n) is 3.37. The summed E-state index contributed by atoms with van der Waals surface area (Å²) < 4.78 is 19.0. The van der Waals surface area contributed by atoms with E-state index < -0.39 is 11.7 Å². The maximum Gasteiger partial charge on any atom is 0.293 e. The highest BCUT2D eigenvalue weighted by Gasteiger charge is 2.24. The Hall–Kier alpha value is -3.67. The van der Waals surface area contributed by atoms with Crippen molar-refractivity contribution in [2.24, 2.45) is 5.10 Å². The number of anilines is 1. The summed E-state index contributed by atoms with van der Waals surface area (Å²) in [7, 11) is 3.62. The average Bonchev–Trinajstić information content (AvgIpc) is 3.20. The molecule has 2 heterocycles. The van der Waals surface area contributed by atoms with Gasteiger partial charge in [-0.2, -0.15) is 9.78 Å². The third kappa shape index (κ3) is 4.12. The van der Waals surface area contributed by atoms with Gasteiger partial charge in [-0.1, -0.05) is 17.3 Å². The van der Waals surface area contributed by atoms with Gasteiger partial charge in [-0.25, -0.2) is 14.4 Å². The van der Waals surface area contributed by atoms with E-state index in [1.807, 2.05) is 19.0 Å². The Labute approximate surface area is 152 Å². The van der Waals surface area contributed by atoms with E-state index in [0.717, 1.165) is 0 Å². The van der Waals surface area contributed by atoms with Crippen molar-refractivity contribution in [1.29, 1.82) is 0 Å². The molecule has 0 aliphatic rings. The zero-order chi connectivity index (χ0) is 19.4. The molecule has 0 radical (unpaired) electrons. The van der Waals surface area contributed by atoms with Crippen LogP contribution in [0.2, 0.25) is 0 Å². The molecule has 3 aromatic rings. The van der Waals surface area contributed by atoms with Gasteiger partial charge >= 0.3 is 0 Å². The number of rotatable bonds is 6. The normalized spacial score (nSPS) is 11.4. The number of halogens is 1. The summed E-state index contributed by atoms with van der Waals surface area (Å²) in [6, 6.07) is 5.78. The lowest BCUT2D eigenvalue weighted by Gasteiger charge is -2.11. The molecule has 27 heavy (non-hydrogen) atoms. The van der Waals surface area contributed by atoms with Gasteiger partial charge < -0.3 is 10.6 Å². The van der Waals surface area contributed by atoms with Crippen LogP contribution in [0.1, 0.15) is 21.7 Å². The maximum atomic E-state index is 13.2. The van der Waals surface area contributed by atoms with Crippen molar-refractivity contribution in [1.82, 2.24) is 35.6 Å². The molecule has 2 aromatic heterocycles. The Kier molecular flexibility index (Phi) is 5.17. The van der Waals surface area contributed by atoms with Crippen LogP contribution in [-0.2, 0) is 6.54 Å². The predicted molar refractivity (Wildman–Crippen MR) is 92.5 cm³/mol. The standard InChI is InChI=1S/C15H16FN9O2/c1-24(2)8-11-12(19-23-25(11)14-13(17)21-27-22-14)15(26)20-18-7-9-4-3-5-10(16)6-9/h3-7H,8H2,1-2H3,(H2,17,21)(H,20,26). The molecule has 140 valence electrons. The quantitative estimate of drug-likeness (QED) is 0.461. The van der Waals surface area contributed by atoms with Crippen molar-refractivity contribution in [3.63, 3.8) is 0 Å². The minimum atomic E-state index is -0.597. The van der Waals surface area contributed by atoms with E-state index in [1.165, 1.54) is 29.1 Å². The van der Waals surface area contributed by atoms with E-state index in [-0.39, 0.29) is 17.3 Å². The van der Waals surface area contributed by atoms with Gasteiger partial charge in [0.1, 0.15) is 5.82 Å². The maximum absolute atomic E-state index is 13.2. The first-order chi connectivity index (χ1) is 13.0. The molecule has 11 nitrogen and oxygen atoms in total. The predicted octanol–water partition coefficient (Wildman–Crippen LogP) is 0.197. The number of carbonyl (C=O) groups is 1. The Bertz CT molecular complexity index is 979. The van der Waals surface area contributed by atoms with Gasteiger partial charge in [0.15, 0.2) is 5.69 Å². The molecule has 0 unspecified atom stereocenters. The number of aromatic nitrogens is 5. The fraction of sp³-hybridized carbons (Fsp3) is 0.200. The van der Waals surface area contributed by atoms with Crippen LogP contribution in [0.25, 0.3) is 5.82 Å². The van der Waals surface area contributed by atoms with Gasteiger partial charge in [0.25, 0.3) is 5.91 Å². The number of hydrogen-bond acceptors (Lipinski definition) is 9. The number of amides is 1. The third-order valence-corrected chi connectivity index (χ3v) is 3.37. The molecule has 1 amide bonds. The monoisotopic (exact) mass is 373 g/mol. The van der Waals surface area contributed by atoms with Crippen molar-refractivity contribution >= 4 is 17.9 Å². The largest absolute Gasteiger partial charge is 0.378 e. The second-order valence-corrected chi connectivity index (χ2v) is 5.76. The number of benzene rings is 1. The summed E-state index contributed by atoms with van der Waals surface area (Å²) in [6.07, 6.45) is 1.32. The van der Waals surface area contributed by atoms with Crippen LogP contribution in [0, 0.1) is 5.82 Å². The van der Waals surface area contributed by atoms with E-state index in [4.69, 9.17) is 5.73 Å². The molecule has 0 saturated carbocycles. The van der Waals surface area contributed by atoms with Crippen LogP contribution in [-0.4, -0.2) is 56.4 Å². The van der Waals surface area contributed by atoms with Gasteiger partial charge in [0.2, 0.25) is 11.6 Å². The second-order valence-electron chi connectivity index (χ2n) is 5.76. The van der Waals surface area contributed by atoms with Crippen LogP contribution in [0.3, 0.4) is 0 Å². The summed E-state index contributed by atoms with van der Waals surface area (Å²) in [5, 5.41) is 18.8. The number of carbonyl (C=O) groups excluding carboxylic acids is 1. The van der Waals surface area contributed by atoms with Crippen LogP contribution in [0.5, 0.6) is 0 Å². The fourth-order valence-corrected chi connectivity index (χ4v) is 2.23. The smallest absolute Gasteiger partial charge is 0.293 e. The van der Waals surface area contributed by atoms with Gasteiger partial charge in [0, 0.05) is 6.54 Å². The minimum Gasteiger partial charge on any atom is -0.378 e. The van der Waals surface area contributed by atoms with Crippen molar-refractivity contribution < 1.29 is 13.8 Å². The first-order valence-corrected chi connectivity index (χ1v) is 7.72. The number of nitrogens with one attached hydrogen (secondary N) is 1. The van der Waals surface area contributed by atoms with Crippen molar-refractivity contribution in [2.45, 2.75) is 6.54 Å². The molecule has 0 atom stereocenters. The van der Waals surface area contributed by atoms with Crippen molar-refractivity contribution in [3.8, 4) is 5.82 Å². The molecular weight excluding hydrogens is 357 g/mol. The van der Waals surface area contributed by atoms with Gasteiger partial charge in [-0.05, 0) is 42.1 Å². The number of nitrogen functional groups attached to an aromatic ring is 1. The average molecular weight is 373 g/mol. The second kappa shape index (κ2) is 7.70. The molecule has 0 spiro atoms. The Balaban J connectivity index is 1.84. The summed E-state index contributed by atoms with van der Waals surface area (Å²) in [4.78, 5) is 14.3. The molecule has 3 N–H and O–H groups in total. The highest BCUT2D eigenvalue weighted by Crippen LogP contribution is 2.16. The van der Waals surface area contributed by atoms with E-state index in [1.54, 1.807) is 6.07 Å². The van der Waals surface area contributed by atoms with Gasteiger partial charge in [0.05, 0.1) is 11.9 Å². The van der Waals surface area contributed by atoms with E-state index >= 15 is 0 Å². The van der Waals surface area contributed by atoms with E-state index in [0.29, 0.717) is 17.8 Å². The first-order valence-electron chi connectivity index (χ1n) is 7.72. The fourth-order valence-electron chi connectivity index (χ4n) is 2.23. The molecule has 0 bridgehead atoms. The molecule has 1 aromatic carbocycles. The van der Waals surface area contributed by atoms with Gasteiger partial charge in [-0.3, -0.25) is 4.79 Å². The molecule has 0 aliphatic carbocycles. The van der Waals surface area contributed by atoms with Crippen molar-refractivity contribution in [3.05, 3.63) is 47.0 Å². The Morgan fingerprint density at radius 1 is 1.44 bits per heavy atom.